The largest absolute Gasteiger partial charge is 0.463 e. The van der Waals surface area contributed by atoms with Crippen molar-refractivity contribution in [3.8, 4) is 0 Å². The monoisotopic (exact) mass is 455 g/mol. The maximum atomic E-state index is 11.7. The van der Waals surface area contributed by atoms with Gasteiger partial charge in [0.15, 0.2) is 0 Å². The van der Waals surface area contributed by atoms with Crippen molar-refractivity contribution in [2.24, 2.45) is 5.73 Å². The van der Waals surface area contributed by atoms with Crippen molar-refractivity contribution in [2.75, 3.05) is 46.8 Å². The van der Waals surface area contributed by atoms with Gasteiger partial charge in [0.05, 0.1) is 6.10 Å². The Morgan fingerprint density at radius 1 is 0.719 bits per heavy atom. The average molecular weight is 456 g/mol. The maximum Gasteiger partial charge on any atom is 0.306 e. The number of unbranched alkanes of at least 4 members (excludes halogenated alkanes) is 12. The molecule has 32 heavy (non-hydrogen) atoms. The summed E-state index contributed by atoms with van der Waals surface area (Å²) in [5.74, 6) is -0.0243. The van der Waals surface area contributed by atoms with Gasteiger partial charge in [-0.1, -0.05) is 71.1 Å². The normalized spacial score (nSPS) is 12.6. The number of hydrogen-bond acceptors (Lipinski definition) is 5. The lowest BCUT2D eigenvalue weighted by Gasteiger charge is -2.24. The molecular weight excluding hydrogens is 398 g/mol. The van der Waals surface area contributed by atoms with Crippen molar-refractivity contribution < 1.29 is 9.53 Å². The smallest absolute Gasteiger partial charge is 0.306 e. The number of esters is 1. The molecule has 0 aliphatic heterocycles. The SMILES string of the molecule is CCC(C)OC(=O)CCCCCCCCCN(CCCCCCCCCN)CCN(C)C. The molecule has 192 valence electrons. The molecule has 0 aliphatic carbocycles. The van der Waals surface area contributed by atoms with Gasteiger partial charge in [0.25, 0.3) is 0 Å². The third kappa shape index (κ3) is 22.5. The fraction of sp³-hybridized carbons (Fsp3) is 0.963. The molecule has 0 saturated carbocycles. The number of carbonyl (C=O) groups excluding carboxylic acids is 1. The lowest BCUT2D eigenvalue weighted by atomic mass is 10.1. The van der Waals surface area contributed by atoms with Gasteiger partial charge in [-0.3, -0.25) is 4.79 Å². The summed E-state index contributed by atoms with van der Waals surface area (Å²) in [5.41, 5.74) is 5.56. The second kappa shape index (κ2) is 23.5. The fourth-order valence-corrected chi connectivity index (χ4v) is 3.90. The minimum atomic E-state index is -0.0243. The number of likely N-dealkylation sites (N-methyl/N-ethyl adjacent to an activating group) is 1. The van der Waals surface area contributed by atoms with Gasteiger partial charge in [-0.2, -0.15) is 0 Å². The molecule has 2 N–H and O–H groups in total. The van der Waals surface area contributed by atoms with E-state index in [1.54, 1.807) is 0 Å². The number of nitrogens with zero attached hydrogens (tertiary/aromatic N) is 2. The third-order valence-electron chi connectivity index (χ3n) is 6.30. The fourth-order valence-electron chi connectivity index (χ4n) is 3.90. The highest BCUT2D eigenvalue weighted by atomic mass is 16.5. The second-order valence-electron chi connectivity index (χ2n) is 9.84. The molecule has 0 aromatic rings. The van der Waals surface area contributed by atoms with E-state index in [2.05, 4.69) is 23.9 Å². The van der Waals surface area contributed by atoms with E-state index in [-0.39, 0.29) is 12.1 Å². The molecule has 0 heterocycles. The lowest BCUT2D eigenvalue weighted by Crippen LogP contribution is -2.33. The first-order chi connectivity index (χ1) is 15.5. The zero-order valence-corrected chi connectivity index (χ0v) is 22.2. The van der Waals surface area contributed by atoms with Crippen LogP contribution in [-0.2, 0) is 9.53 Å². The van der Waals surface area contributed by atoms with Crippen molar-refractivity contribution >= 4 is 5.97 Å². The van der Waals surface area contributed by atoms with E-state index >= 15 is 0 Å². The van der Waals surface area contributed by atoms with Crippen molar-refractivity contribution in [2.45, 2.75) is 123 Å². The summed E-state index contributed by atoms with van der Waals surface area (Å²) < 4.78 is 5.33. The van der Waals surface area contributed by atoms with Crippen LogP contribution in [-0.4, -0.2) is 68.7 Å². The molecule has 0 bridgehead atoms. The van der Waals surface area contributed by atoms with Crippen molar-refractivity contribution in [3.05, 3.63) is 0 Å². The molecule has 5 heteroatoms. The number of hydrogen-bond donors (Lipinski definition) is 1. The lowest BCUT2D eigenvalue weighted by molar-refractivity contribution is -0.148. The second-order valence-corrected chi connectivity index (χ2v) is 9.84. The van der Waals surface area contributed by atoms with Crippen molar-refractivity contribution in [1.29, 1.82) is 0 Å². The van der Waals surface area contributed by atoms with E-state index in [1.165, 1.54) is 96.7 Å². The molecule has 0 spiro atoms. The Kier molecular flexibility index (Phi) is 23.0. The molecule has 0 fully saturated rings. The van der Waals surface area contributed by atoms with E-state index in [9.17, 15) is 4.79 Å². The summed E-state index contributed by atoms with van der Waals surface area (Å²) in [6.07, 6.45) is 19.5. The minimum Gasteiger partial charge on any atom is -0.463 e. The molecule has 5 nitrogen and oxygen atoms in total. The van der Waals surface area contributed by atoms with Gasteiger partial charge in [-0.15, -0.1) is 0 Å². The Morgan fingerprint density at radius 3 is 1.66 bits per heavy atom. The molecule has 0 radical (unpaired) electrons. The summed E-state index contributed by atoms with van der Waals surface area (Å²) in [4.78, 5) is 16.6. The number of ether oxygens (including phenoxy) is 1. The highest BCUT2D eigenvalue weighted by Gasteiger charge is 2.07. The van der Waals surface area contributed by atoms with Gasteiger partial charge in [0, 0.05) is 19.5 Å². The standard InChI is InChI=1S/C27H57N3O2/c1-5-26(2)32-27(31)20-16-12-8-6-10-14-18-22-30(25-24-29(3)4)23-19-15-11-7-9-13-17-21-28/h26H,5-25,28H2,1-4H3. The van der Waals surface area contributed by atoms with Crippen molar-refractivity contribution in [3.63, 3.8) is 0 Å². The number of rotatable bonds is 24. The van der Waals surface area contributed by atoms with E-state index in [1.807, 2.05) is 13.8 Å². The van der Waals surface area contributed by atoms with Crippen LogP contribution in [0.15, 0.2) is 0 Å². The molecular formula is C27H57N3O2. The topological polar surface area (TPSA) is 58.8 Å². The molecule has 0 saturated heterocycles. The Bertz CT molecular complexity index is 404. The van der Waals surface area contributed by atoms with Gasteiger partial charge in [0.1, 0.15) is 0 Å². The first-order valence-corrected chi connectivity index (χ1v) is 13.8. The molecule has 0 rings (SSSR count). The maximum absolute atomic E-state index is 11.7. The van der Waals surface area contributed by atoms with Gasteiger partial charge in [-0.25, -0.2) is 0 Å². The molecule has 1 atom stereocenters. The van der Waals surface area contributed by atoms with E-state index in [0.29, 0.717) is 6.42 Å². The van der Waals surface area contributed by atoms with Gasteiger partial charge >= 0.3 is 5.97 Å². The van der Waals surface area contributed by atoms with Crippen LogP contribution < -0.4 is 5.73 Å². The minimum absolute atomic E-state index is 0.0243. The predicted octanol–water partition coefficient (Wildman–Crippen LogP) is 6.00. The van der Waals surface area contributed by atoms with Crippen LogP contribution in [0.5, 0.6) is 0 Å². The molecule has 0 aromatic carbocycles. The summed E-state index contributed by atoms with van der Waals surface area (Å²) >= 11 is 0. The van der Waals surface area contributed by atoms with Crippen LogP contribution in [0, 0.1) is 0 Å². The van der Waals surface area contributed by atoms with Crippen LogP contribution in [0.1, 0.15) is 117 Å². The highest BCUT2D eigenvalue weighted by molar-refractivity contribution is 5.69. The van der Waals surface area contributed by atoms with Gasteiger partial charge in [0.2, 0.25) is 0 Å². The summed E-state index contributed by atoms with van der Waals surface area (Å²) in [7, 11) is 4.34. The Morgan fingerprint density at radius 2 is 1.19 bits per heavy atom. The zero-order valence-electron chi connectivity index (χ0n) is 22.2. The zero-order chi connectivity index (χ0) is 23.9. The van der Waals surface area contributed by atoms with Crippen LogP contribution in [0.25, 0.3) is 0 Å². The Labute approximate surface area is 200 Å². The summed E-state index contributed by atoms with van der Waals surface area (Å²) in [6, 6.07) is 0. The third-order valence-corrected chi connectivity index (χ3v) is 6.30. The number of nitrogens with two attached hydrogens (primary N) is 1. The van der Waals surface area contributed by atoms with Crippen LogP contribution >= 0.6 is 0 Å². The van der Waals surface area contributed by atoms with Gasteiger partial charge < -0.3 is 20.3 Å². The first kappa shape index (κ1) is 31.4. The number of carbonyl (C=O) groups is 1. The van der Waals surface area contributed by atoms with Crippen LogP contribution in [0.4, 0.5) is 0 Å². The van der Waals surface area contributed by atoms with Crippen LogP contribution in [0.2, 0.25) is 0 Å². The van der Waals surface area contributed by atoms with Gasteiger partial charge in [-0.05, 0) is 72.8 Å². The molecule has 1 unspecified atom stereocenters. The highest BCUT2D eigenvalue weighted by Crippen LogP contribution is 2.12. The predicted molar refractivity (Wildman–Crippen MR) is 139 cm³/mol. The molecule has 0 aromatic heterocycles. The Hall–Kier alpha value is -0.650. The van der Waals surface area contributed by atoms with Crippen LogP contribution in [0.3, 0.4) is 0 Å². The first-order valence-electron chi connectivity index (χ1n) is 13.8. The summed E-state index contributed by atoms with van der Waals surface area (Å²) in [5, 5.41) is 0. The quantitative estimate of drug-likeness (QED) is 0.143. The van der Waals surface area contributed by atoms with E-state index < -0.39 is 0 Å². The molecule has 0 aliphatic rings. The van der Waals surface area contributed by atoms with E-state index in [0.717, 1.165) is 32.4 Å². The molecule has 0 amide bonds. The summed E-state index contributed by atoms with van der Waals surface area (Å²) in [6.45, 7) is 9.69. The Balaban J connectivity index is 3.71. The average Bonchev–Trinajstić information content (AvgIpc) is 2.77. The van der Waals surface area contributed by atoms with E-state index in [4.69, 9.17) is 10.5 Å². The van der Waals surface area contributed by atoms with Crippen molar-refractivity contribution in [1.82, 2.24) is 9.80 Å².